The number of carbonyl (C=O) groups is 2. The van der Waals surface area contributed by atoms with Gasteiger partial charge in [0.05, 0.1) is 10.2 Å². The van der Waals surface area contributed by atoms with Gasteiger partial charge in [-0.2, -0.15) is 11.8 Å². The fourth-order valence-corrected chi connectivity index (χ4v) is 5.19. The molecule has 0 spiro atoms. The van der Waals surface area contributed by atoms with Crippen molar-refractivity contribution in [1.29, 1.82) is 0 Å². The number of esters is 1. The minimum Gasteiger partial charge on any atom is -0.460 e. The van der Waals surface area contributed by atoms with Gasteiger partial charge >= 0.3 is 5.97 Å². The van der Waals surface area contributed by atoms with Crippen molar-refractivity contribution in [2.75, 3.05) is 16.8 Å². The monoisotopic (exact) mass is 426 g/mol. The van der Waals surface area contributed by atoms with Crippen LogP contribution in [-0.2, 0) is 14.3 Å². The number of thiazole rings is 1. The van der Waals surface area contributed by atoms with Crippen molar-refractivity contribution >= 4 is 62.6 Å². The number of ether oxygens (including phenoxy) is 1. The van der Waals surface area contributed by atoms with Crippen LogP contribution in [0.3, 0.4) is 0 Å². The van der Waals surface area contributed by atoms with Crippen LogP contribution >= 0.6 is 34.9 Å². The van der Waals surface area contributed by atoms with E-state index in [1.165, 1.54) is 0 Å². The van der Waals surface area contributed by atoms with E-state index in [0.29, 0.717) is 10.9 Å². The van der Waals surface area contributed by atoms with E-state index < -0.39 is 11.6 Å². The van der Waals surface area contributed by atoms with Gasteiger partial charge in [0.2, 0.25) is 5.91 Å². The van der Waals surface area contributed by atoms with Crippen LogP contribution in [0.25, 0.3) is 10.2 Å². The molecule has 8 heteroatoms. The Morgan fingerprint density at radius 2 is 2.00 bits per heavy atom. The standard InChI is InChI=1S/C19H26N2O3S3/c1-12(2)25-8-9-26-18-21-14-7-6-13(10-15(14)27-18)20-16(22)11-17(23)24-19(3,4)5/h6-7,10,12H,8-9,11H2,1-5H3,(H,20,22). The number of nitrogens with zero attached hydrogens (tertiary/aromatic N) is 1. The third-order valence-corrected chi connectivity index (χ3v) is 6.67. The molecule has 1 aromatic heterocycles. The minimum absolute atomic E-state index is 0.299. The van der Waals surface area contributed by atoms with Gasteiger partial charge in [0, 0.05) is 17.2 Å². The summed E-state index contributed by atoms with van der Waals surface area (Å²) in [5.74, 6) is 1.22. The number of fused-ring (bicyclic) bond motifs is 1. The first-order chi connectivity index (χ1) is 12.6. The van der Waals surface area contributed by atoms with Crippen molar-refractivity contribution in [2.24, 2.45) is 0 Å². The van der Waals surface area contributed by atoms with E-state index >= 15 is 0 Å². The predicted molar refractivity (Wildman–Crippen MR) is 117 cm³/mol. The highest BCUT2D eigenvalue weighted by Crippen LogP contribution is 2.31. The number of aromatic nitrogens is 1. The van der Waals surface area contributed by atoms with Gasteiger partial charge in [-0.1, -0.05) is 25.6 Å². The number of benzene rings is 1. The SMILES string of the molecule is CC(C)SCCSc1nc2ccc(NC(=O)CC(=O)OC(C)(C)C)cc2s1. The number of thioether (sulfide) groups is 2. The van der Waals surface area contributed by atoms with Gasteiger partial charge in [0.25, 0.3) is 0 Å². The lowest BCUT2D eigenvalue weighted by Crippen LogP contribution is -2.27. The molecule has 0 aliphatic rings. The van der Waals surface area contributed by atoms with Gasteiger partial charge < -0.3 is 10.1 Å². The molecule has 5 nitrogen and oxygen atoms in total. The van der Waals surface area contributed by atoms with E-state index in [2.05, 4.69) is 24.1 Å². The summed E-state index contributed by atoms with van der Waals surface area (Å²) < 4.78 is 7.22. The van der Waals surface area contributed by atoms with E-state index in [1.807, 2.05) is 23.9 Å². The van der Waals surface area contributed by atoms with Gasteiger partial charge in [-0.15, -0.1) is 11.3 Å². The average Bonchev–Trinajstić information content (AvgIpc) is 2.91. The number of carbonyl (C=O) groups excluding carboxylic acids is 2. The van der Waals surface area contributed by atoms with E-state index in [1.54, 1.807) is 49.9 Å². The van der Waals surface area contributed by atoms with Crippen molar-refractivity contribution in [3.8, 4) is 0 Å². The minimum atomic E-state index is -0.597. The molecule has 0 fully saturated rings. The summed E-state index contributed by atoms with van der Waals surface area (Å²) in [4.78, 5) is 28.4. The zero-order valence-electron chi connectivity index (χ0n) is 16.3. The molecule has 2 rings (SSSR count). The number of hydrogen-bond acceptors (Lipinski definition) is 7. The quantitative estimate of drug-likeness (QED) is 0.271. The number of nitrogens with one attached hydrogen (secondary N) is 1. The second-order valence-corrected chi connectivity index (χ2v) is 11.3. The molecule has 1 aromatic carbocycles. The van der Waals surface area contributed by atoms with Gasteiger partial charge in [0.15, 0.2) is 4.34 Å². The van der Waals surface area contributed by atoms with Crippen LogP contribution in [0.1, 0.15) is 41.0 Å². The summed E-state index contributed by atoms with van der Waals surface area (Å²) in [7, 11) is 0. The molecule has 0 saturated carbocycles. The molecule has 1 amide bonds. The number of amides is 1. The fourth-order valence-electron chi connectivity index (χ4n) is 2.17. The maximum Gasteiger partial charge on any atom is 0.315 e. The van der Waals surface area contributed by atoms with Crippen LogP contribution in [0.4, 0.5) is 5.69 Å². The molecule has 0 saturated heterocycles. The molecular weight excluding hydrogens is 400 g/mol. The van der Waals surface area contributed by atoms with Gasteiger partial charge in [-0.25, -0.2) is 4.98 Å². The average molecular weight is 427 g/mol. The summed E-state index contributed by atoms with van der Waals surface area (Å²) >= 11 is 5.32. The van der Waals surface area contributed by atoms with E-state index in [-0.39, 0.29) is 12.3 Å². The normalized spacial score (nSPS) is 11.8. The number of rotatable bonds is 8. The summed E-state index contributed by atoms with van der Waals surface area (Å²) in [5, 5.41) is 3.40. The smallest absolute Gasteiger partial charge is 0.315 e. The lowest BCUT2D eigenvalue weighted by Gasteiger charge is -2.19. The van der Waals surface area contributed by atoms with Crippen molar-refractivity contribution in [3.63, 3.8) is 0 Å². The topological polar surface area (TPSA) is 68.3 Å². The van der Waals surface area contributed by atoms with E-state index in [4.69, 9.17) is 4.74 Å². The zero-order valence-corrected chi connectivity index (χ0v) is 18.8. The Morgan fingerprint density at radius 3 is 2.67 bits per heavy atom. The van der Waals surface area contributed by atoms with Crippen LogP contribution in [0.5, 0.6) is 0 Å². The summed E-state index contributed by atoms with van der Waals surface area (Å²) in [6.07, 6.45) is -0.299. The van der Waals surface area contributed by atoms with Gasteiger partial charge in [0.1, 0.15) is 12.0 Å². The van der Waals surface area contributed by atoms with Crippen LogP contribution < -0.4 is 5.32 Å². The lowest BCUT2D eigenvalue weighted by molar-refractivity contribution is -0.155. The number of anilines is 1. The van der Waals surface area contributed by atoms with Crippen molar-refractivity contribution < 1.29 is 14.3 Å². The zero-order chi connectivity index (χ0) is 20.0. The Morgan fingerprint density at radius 1 is 1.26 bits per heavy atom. The third kappa shape index (κ3) is 8.11. The first kappa shape index (κ1) is 22.0. The van der Waals surface area contributed by atoms with Crippen LogP contribution in [0.15, 0.2) is 22.5 Å². The first-order valence-corrected chi connectivity index (χ1v) is 11.6. The van der Waals surface area contributed by atoms with Crippen LogP contribution in [0.2, 0.25) is 0 Å². The van der Waals surface area contributed by atoms with Crippen molar-refractivity contribution in [1.82, 2.24) is 4.98 Å². The molecule has 148 valence electrons. The molecule has 0 aliphatic carbocycles. The lowest BCUT2D eigenvalue weighted by atomic mass is 10.2. The molecule has 1 heterocycles. The van der Waals surface area contributed by atoms with Gasteiger partial charge in [-0.05, 0) is 44.2 Å². The molecule has 0 radical (unpaired) electrons. The maximum atomic E-state index is 12.0. The second-order valence-electron chi connectivity index (χ2n) is 7.24. The molecule has 0 bridgehead atoms. The van der Waals surface area contributed by atoms with E-state index in [9.17, 15) is 9.59 Å². The fraction of sp³-hybridized carbons (Fsp3) is 0.526. The van der Waals surface area contributed by atoms with Crippen LogP contribution in [0, 0.1) is 0 Å². The van der Waals surface area contributed by atoms with Crippen molar-refractivity contribution in [2.45, 2.75) is 56.2 Å². The highest BCUT2D eigenvalue weighted by atomic mass is 32.2. The Hall–Kier alpha value is -1.25. The first-order valence-electron chi connectivity index (χ1n) is 8.79. The molecule has 1 N–H and O–H groups in total. The third-order valence-electron chi connectivity index (χ3n) is 3.14. The Bertz CT molecular complexity index is 797. The number of hydrogen-bond donors (Lipinski definition) is 1. The molecular formula is C19H26N2O3S3. The van der Waals surface area contributed by atoms with Crippen molar-refractivity contribution in [3.05, 3.63) is 18.2 Å². The summed E-state index contributed by atoms with van der Waals surface area (Å²) in [5.41, 5.74) is 0.983. The molecule has 0 atom stereocenters. The summed E-state index contributed by atoms with van der Waals surface area (Å²) in [6, 6.07) is 5.59. The molecule has 0 unspecified atom stereocenters. The Kier molecular flexibility index (Phi) is 8.00. The maximum absolute atomic E-state index is 12.0. The van der Waals surface area contributed by atoms with E-state index in [0.717, 1.165) is 26.1 Å². The van der Waals surface area contributed by atoms with Gasteiger partial charge in [-0.3, -0.25) is 9.59 Å². The second kappa shape index (κ2) is 9.80. The van der Waals surface area contributed by atoms with Crippen LogP contribution in [-0.4, -0.2) is 39.2 Å². The largest absolute Gasteiger partial charge is 0.460 e. The Balaban J connectivity index is 1.91. The molecule has 2 aromatic rings. The highest BCUT2D eigenvalue weighted by Gasteiger charge is 2.19. The molecule has 0 aliphatic heterocycles. The predicted octanol–water partition coefficient (Wildman–Crippen LogP) is 5.20. The highest BCUT2D eigenvalue weighted by molar-refractivity contribution is 8.04. The molecule has 27 heavy (non-hydrogen) atoms. The Labute approximate surface area is 173 Å². The summed E-state index contributed by atoms with van der Waals surface area (Å²) in [6.45, 7) is 9.73.